The molecule has 1 N–H and O–H groups in total. The van der Waals surface area contributed by atoms with Crippen molar-refractivity contribution in [3.63, 3.8) is 0 Å². The normalized spacial score (nSPS) is 11.2. The third kappa shape index (κ3) is 9.24. The van der Waals surface area contributed by atoms with Gasteiger partial charge < -0.3 is 19.4 Å². The zero-order valence-corrected chi connectivity index (χ0v) is 18.9. The van der Waals surface area contributed by atoms with Crippen molar-refractivity contribution in [3.8, 4) is 5.75 Å². The first kappa shape index (κ1) is 24.4. The molecule has 0 saturated heterocycles. The predicted molar refractivity (Wildman–Crippen MR) is 121 cm³/mol. The first-order valence-corrected chi connectivity index (χ1v) is 11.1. The Morgan fingerprint density at radius 3 is 2.55 bits per heavy atom. The van der Waals surface area contributed by atoms with Crippen LogP contribution in [0, 0.1) is 5.41 Å². The molecule has 0 bridgehead atoms. The summed E-state index contributed by atoms with van der Waals surface area (Å²) < 4.78 is 12.9. The quantitative estimate of drug-likeness (QED) is 0.343. The lowest BCUT2D eigenvalue weighted by Crippen LogP contribution is -2.27. The number of ether oxygens (including phenoxy) is 2. The molecular weight excluding hydrogens is 394 g/mol. The molecule has 2 aromatic rings. The van der Waals surface area contributed by atoms with Gasteiger partial charge in [-0.05, 0) is 70.7 Å². The van der Waals surface area contributed by atoms with Gasteiger partial charge in [0.2, 0.25) is 5.91 Å². The summed E-state index contributed by atoms with van der Waals surface area (Å²) >= 11 is 0. The smallest absolute Gasteiger partial charge is 0.311 e. The van der Waals surface area contributed by atoms with Crippen molar-refractivity contribution in [2.45, 2.75) is 65.8 Å². The van der Waals surface area contributed by atoms with E-state index in [1.54, 1.807) is 6.20 Å². The maximum atomic E-state index is 12.1. The number of esters is 1. The fourth-order valence-electron chi connectivity index (χ4n) is 3.17. The van der Waals surface area contributed by atoms with Crippen LogP contribution in [-0.4, -0.2) is 34.6 Å². The van der Waals surface area contributed by atoms with Crippen molar-refractivity contribution in [1.29, 1.82) is 0 Å². The number of nitrogens with zero attached hydrogens (tertiary/aromatic N) is 2. The average Bonchev–Trinajstić information content (AvgIpc) is 3.26. The predicted octanol–water partition coefficient (Wildman–Crippen LogP) is 4.83. The Balaban J connectivity index is 1.60. The van der Waals surface area contributed by atoms with Crippen LogP contribution in [0.25, 0.3) is 0 Å². The zero-order valence-electron chi connectivity index (χ0n) is 18.9. The number of carbonyl (C=O) groups excluding carboxylic acids is 2. The van der Waals surface area contributed by atoms with Crippen LogP contribution >= 0.6 is 0 Å². The van der Waals surface area contributed by atoms with E-state index >= 15 is 0 Å². The first-order valence-electron chi connectivity index (χ1n) is 11.1. The molecule has 31 heavy (non-hydrogen) atoms. The van der Waals surface area contributed by atoms with Crippen LogP contribution in [0.1, 0.15) is 59.3 Å². The van der Waals surface area contributed by atoms with E-state index in [9.17, 15) is 9.59 Å². The van der Waals surface area contributed by atoms with Gasteiger partial charge in [0.15, 0.2) is 0 Å². The third-order valence-corrected chi connectivity index (χ3v) is 5.06. The average molecular weight is 430 g/mol. The Kier molecular flexibility index (Phi) is 10.1. The molecule has 1 aromatic carbocycles. The minimum absolute atomic E-state index is 0.0255. The van der Waals surface area contributed by atoms with Gasteiger partial charge in [0.05, 0.1) is 25.0 Å². The zero-order chi connectivity index (χ0) is 22.5. The molecule has 7 nitrogen and oxygen atoms in total. The number of imidazole rings is 1. The highest BCUT2D eigenvalue weighted by Crippen LogP contribution is 2.24. The van der Waals surface area contributed by atoms with Gasteiger partial charge in [-0.2, -0.15) is 0 Å². The highest BCUT2D eigenvalue weighted by Gasteiger charge is 2.28. The number of rotatable bonds is 14. The lowest BCUT2D eigenvalue weighted by atomic mass is 9.88. The van der Waals surface area contributed by atoms with E-state index in [1.807, 2.05) is 62.1 Å². The van der Waals surface area contributed by atoms with Crippen molar-refractivity contribution < 1.29 is 19.1 Å². The van der Waals surface area contributed by atoms with E-state index in [0.717, 1.165) is 43.7 Å². The van der Waals surface area contributed by atoms with Crippen LogP contribution in [0.4, 0.5) is 5.69 Å². The second-order valence-corrected chi connectivity index (χ2v) is 8.24. The molecule has 170 valence electrons. The van der Waals surface area contributed by atoms with Crippen LogP contribution in [-0.2, 0) is 20.9 Å². The van der Waals surface area contributed by atoms with Crippen molar-refractivity contribution >= 4 is 17.6 Å². The molecule has 1 aromatic heterocycles. The van der Waals surface area contributed by atoms with E-state index in [4.69, 9.17) is 9.47 Å². The number of aromatic nitrogens is 2. The van der Waals surface area contributed by atoms with Gasteiger partial charge in [0.1, 0.15) is 5.75 Å². The number of benzene rings is 1. The summed E-state index contributed by atoms with van der Waals surface area (Å²) in [6.07, 6.45) is 10.4. The molecule has 0 aliphatic carbocycles. The number of anilines is 1. The summed E-state index contributed by atoms with van der Waals surface area (Å²) in [7, 11) is 0. The van der Waals surface area contributed by atoms with E-state index < -0.39 is 5.41 Å². The Labute approximate surface area is 185 Å². The molecule has 0 radical (unpaired) electrons. The summed E-state index contributed by atoms with van der Waals surface area (Å²) in [5, 5.41) is 2.92. The number of hydrogen-bond acceptors (Lipinski definition) is 5. The van der Waals surface area contributed by atoms with Crippen LogP contribution in [0.15, 0.2) is 43.0 Å². The minimum Gasteiger partial charge on any atom is -0.494 e. The summed E-state index contributed by atoms with van der Waals surface area (Å²) in [6.45, 7) is 7.45. The number of hydrogen-bond donors (Lipinski definition) is 1. The number of amides is 1. The number of unbranched alkanes of at least 4 members (excludes halogenated alkanes) is 2. The second kappa shape index (κ2) is 12.8. The second-order valence-electron chi connectivity index (χ2n) is 8.24. The van der Waals surface area contributed by atoms with Crippen molar-refractivity contribution in [1.82, 2.24) is 9.55 Å². The SMILES string of the molecule is CCOC(=O)C(C)(C)CCCOc1ccc(NC(=O)CCCCCn2ccnc2)cc1. The molecule has 0 aliphatic heterocycles. The van der Waals surface area contributed by atoms with E-state index in [-0.39, 0.29) is 11.9 Å². The molecule has 1 amide bonds. The minimum atomic E-state index is -0.507. The van der Waals surface area contributed by atoms with Gasteiger partial charge in [0, 0.05) is 31.0 Å². The molecule has 1 heterocycles. The van der Waals surface area contributed by atoms with Gasteiger partial charge in [-0.1, -0.05) is 6.42 Å². The highest BCUT2D eigenvalue weighted by atomic mass is 16.5. The molecule has 0 atom stereocenters. The standard InChI is InChI=1S/C24H35N3O4/c1-4-30-23(29)24(2,3)14-8-18-31-21-12-10-20(11-13-21)26-22(28)9-6-5-7-16-27-17-15-25-19-27/h10-13,15,17,19H,4-9,14,16,18H2,1-3H3,(H,26,28). The molecule has 0 spiro atoms. The molecule has 2 rings (SSSR count). The number of nitrogens with one attached hydrogen (secondary N) is 1. The summed E-state index contributed by atoms with van der Waals surface area (Å²) in [6, 6.07) is 7.37. The van der Waals surface area contributed by atoms with Crippen LogP contribution in [0.2, 0.25) is 0 Å². The number of aryl methyl sites for hydroxylation is 1. The van der Waals surface area contributed by atoms with E-state index in [2.05, 4.69) is 10.3 Å². The summed E-state index contributed by atoms with van der Waals surface area (Å²) in [4.78, 5) is 28.0. The molecular formula is C24H35N3O4. The largest absolute Gasteiger partial charge is 0.494 e. The van der Waals surface area contributed by atoms with Gasteiger partial charge in [0.25, 0.3) is 0 Å². The van der Waals surface area contributed by atoms with Gasteiger partial charge in [-0.3, -0.25) is 9.59 Å². The van der Waals surface area contributed by atoms with Crippen molar-refractivity contribution in [3.05, 3.63) is 43.0 Å². The lowest BCUT2D eigenvalue weighted by Gasteiger charge is -2.22. The first-order chi connectivity index (χ1) is 14.9. The Morgan fingerprint density at radius 1 is 1.10 bits per heavy atom. The maximum Gasteiger partial charge on any atom is 0.311 e. The van der Waals surface area contributed by atoms with Crippen LogP contribution in [0.3, 0.4) is 0 Å². The topological polar surface area (TPSA) is 82.5 Å². The Hall–Kier alpha value is -2.83. The molecule has 0 saturated carbocycles. The third-order valence-electron chi connectivity index (χ3n) is 5.06. The highest BCUT2D eigenvalue weighted by molar-refractivity contribution is 5.90. The van der Waals surface area contributed by atoms with Gasteiger partial charge >= 0.3 is 5.97 Å². The number of carbonyl (C=O) groups is 2. The van der Waals surface area contributed by atoms with Gasteiger partial charge in [-0.25, -0.2) is 4.98 Å². The van der Waals surface area contributed by atoms with Crippen LogP contribution < -0.4 is 10.1 Å². The molecule has 0 unspecified atom stereocenters. The maximum absolute atomic E-state index is 12.1. The molecule has 7 heteroatoms. The van der Waals surface area contributed by atoms with Gasteiger partial charge in [-0.15, -0.1) is 0 Å². The summed E-state index contributed by atoms with van der Waals surface area (Å²) in [5.41, 5.74) is 0.256. The molecule has 0 fully saturated rings. The van der Waals surface area contributed by atoms with Crippen LogP contribution in [0.5, 0.6) is 5.75 Å². The lowest BCUT2D eigenvalue weighted by molar-refractivity contribution is -0.153. The summed E-state index contributed by atoms with van der Waals surface area (Å²) in [5.74, 6) is 0.595. The Bertz CT molecular complexity index is 786. The monoisotopic (exact) mass is 429 g/mol. The van der Waals surface area contributed by atoms with Crippen molar-refractivity contribution in [2.75, 3.05) is 18.5 Å². The fourth-order valence-corrected chi connectivity index (χ4v) is 3.17. The van der Waals surface area contributed by atoms with E-state index in [1.165, 1.54) is 0 Å². The van der Waals surface area contributed by atoms with Crippen molar-refractivity contribution in [2.24, 2.45) is 5.41 Å². The van der Waals surface area contributed by atoms with E-state index in [0.29, 0.717) is 26.1 Å². The molecule has 0 aliphatic rings. The Morgan fingerprint density at radius 2 is 1.87 bits per heavy atom. The fraction of sp³-hybridized carbons (Fsp3) is 0.542.